The van der Waals surface area contributed by atoms with Crippen LogP contribution in [0, 0.1) is 13.8 Å². The van der Waals surface area contributed by atoms with E-state index in [9.17, 15) is 0 Å². The van der Waals surface area contributed by atoms with E-state index in [1.165, 1.54) is 11.3 Å². The molecule has 0 spiro atoms. The van der Waals surface area contributed by atoms with Gasteiger partial charge in [-0.05, 0) is 38.3 Å². The molecule has 0 aliphatic carbocycles. The number of nitrogens with one attached hydrogen (secondary N) is 2. The van der Waals surface area contributed by atoms with E-state index < -0.39 is 0 Å². The van der Waals surface area contributed by atoms with Gasteiger partial charge < -0.3 is 15.2 Å². The van der Waals surface area contributed by atoms with Gasteiger partial charge in [0.25, 0.3) is 0 Å². The summed E-state index contributed by atoms with van der Waals surface area (Å²) >= 11 is 0. The lowest BCUT2D eigenvalue weighted by Crippen LogP contribution is -2.38. The smallest absolute Gasteiger partial charge is 0.194 e. The first-order valence-electron chi connectivity index (χ1n) is 10.1. The third-order valence-electron chi connectivity index (χ3n) is 5.08. The highest BCUT2D eigenvalue weighted by Gasteiger charge is 2.11. The van der Waals surface area contributed by atoms with Crippen LogP contribution < -0.4 is 5.32 Å². The highest BCUT2D eigenvalue weighted by molar-refractivity contribution is 14.0. The topological polar surface area (TPSA) is 74.1 Å². The fourth-order valence-electron chi connectivity index (χ4n) is 3.43. The Kier molecular flexibility index (Phi) is 8.88. The van der Waals surface area contributed by atoms with E-state index in [1.807, 2.05) is 43.2 Å². The molecule has 8 heteroatoms. The summed E-state index contributed by atoms with van der Waals surface area (Å²) in [6, 6.07) is 10.2. The van der Waals surface area contributed by atoms with Crippen molar-refractivity contribution in [2.24, 2.45) is 12.0 Å². The van der Waals surface area contributed by atoms with Crippen molar-refractivity contribution in [2.45, 2.75) is 33.7 Å². The van der Waals surface area contributed by atoms with E-state index in [4.69, 9.17) is 4.99 Å². The second kappa shape index (κ2) is 11.1. The molecule has 0 unspecified atom stereocenters. The summed E-state index contributed by atoms with van der Waals surface area (Å²) in [5.74, 6) is 1.79. The lowest BCUT2D eigenvalue weighted by Gasteiger charge is -2.21. The van der Waals surface area contributed by atoms with Crippen LogP contribution >= 0.6 is 24.0 Å². The number of hydrogen-bond acceptors (Lipinski definition) is 3. The maximum absolute atomic E-state index is 4.81. The van der Waals surface area contributed by atoms with E-state index in [0.717, 1.165) is 41.7 Å². The van der Waals surface area contributed by atoms with Crippen molar-refractivity contribution < 1.29 is 0 Å². The molecule has 0 fully saturated rings. The van der Waals surface area contributed by atoms with Crippen molar-refractivity contribution in [2.75, 3.05) is 20.1 Å². The van der Waals surface area contributed by atoms with Crippen molar-refractivity contribution in [3.63, 3.8) is 0 Å². The lowest BCUT2D eigenvalue weighted by atomic mass is 10.1. The van der Waals surface area contributed by atoms with Gasteiger partial charge in [-0.15, -0.1) is 24.0 Å². The molecule has 2 aromatic heterocycles. The van der Waals surface area contributed by atoms with Crippen LogP contribution in [0.4, 0.5) is 0 Å². The summed E-state index contributed by atoms with van der Waals surface area (Å²) in [7, 11) is 4.02. The number of hydrogen-bond donors (Lipinski definition) is 2. The zero-order valence-electron chi connectivity index (χ0n) is 18.4. The lowest BCUT2D eigenvalue weighted by molar-refractivity contribution is 0.464. The highest BCUT2D eigenvalue weighted by atomic mass is 127. The van der Waals surface area contributed by atoms with Gasteiger partial charge >= 0.3 is 0 Å². The molecule has 162 valence electrons. The highest BCUT2D eigenvalue weighted by Crippen LogP contribution is 2.16. The number of aryl methyl sites for hydroxylation is 2. The molecule has 3 rings (SSSR count). The fraction of sp³-hybridized carbons (Fsp3) is 0.409. The molecule has 0 aliphatic rings. The van der Waals surface area contributed by atoms with Crippen LogP contribution in [0.15, 0.2) is 41.5 Å². The quantitative estimate of drug-likeness (QED) is 0.283. The maximum atomic E-state index is 4.81. The number of imidazole rings is 1. The van der Waals surface area contributed by atoms with E-state index in [0.29, 0.717) is 13.1 Å². The number of aliphatic imine (C=N–C) groups is 1. The average molecular weight is 521 g/mol. The third kappa shape index (κ3) is 5.84. The molecule has 30 heavy (non-hydrogen) atoms. The Morgan fingerprint density at radius 2 is 1.97 bits per heavy atom. The van der Waals surface area contributed by atoms with Crippen LogP contribution in [0.5, 0.6) is 0 Å². The van der Waals surface area contributed by atoms with Crippen LogP contribution in [0.25, 0.3) is 11.3 Å². The maximum Gasteiger partial charge on any atom is 0.194 e. The summed E-state index contributed by atoms with van der Waals surface area (Å²) in [4.78, 5) is 14.9. The molecular weight excluding hydrogens is 489 g/mol. The predicted octanol–water partition coefficient (Wildman–Crippen LogP) is 3.69. The average Bonchev–Trinajstić information content (AvgIpc) is 3.27. The van der Waals surface area contributed by atoms with E-state index in [1.54, 1.807) is 0 Å². The van der Waals surface area contributed by atoms with Crippen LogP contribution in [-0.4, -0.2) is 50.7 Å². The SMILES string of the molecule is CCNC(=NCCc1c(C)nn(C)c1C)N(C)Cc1ncc(-c2ccccc2)[nH]1.I. The molecule has 2 N–H and O–H groups in total. The number of aromatic nitrogens is 4. The molecule has 0 atom stereocenters. The predicted molar refractivity (Wildman–Crippen MR) is 133 cm³/mol. The minimum atomic E-state index is 0. The zero-order chi connectivity index (χ0) is 20.8. The van der Waals surface area contributed by atoms with Gasteiger partial charge in [0.2, 0.25) is 0 Å². The standard InChI is InChI=1S/C22H31N7.HI/c1-6-23-22(24-13-12-19-16(2)27-29(5)17(19)3)28(4)15-21-25-14-20(26-21)18-10-8-7-9-11-18;/h7-11,14H,6,12-13,15H2,1-5H3,(H,23,24)(H,25,26);1H. The minimum absolute atomic E-state index is 0. The summed E-state index contributed by atoms with van der Waals surface area (Å²) < 4.78 is 1.94. The molecule has 0 saturated carbocycles. The summed E-state index contributed by atoms with van der Waals surface area (Å²) in [5.41, 5.74) is 5.74. The number of H-pyrrole nitrogens is 1. The summed E-state index contributed by atoms with van der Waals surface area (Å²) in [6.07, 6.45) is 2.77. The van der Waals surface area contributed by atoms with Crippen molar-refractivity contribution in [1.82, 2.24) is 30.0 Å². The monoisotopic (exact) mass is 521 g/mol. The van der Waals surface area contributed by atoms with E-state index in [2.05, 4.69) is 58.2 Å². The number of halogens is 1. The molecular formula is C22H32IN7. The Labute approximate surface area is 196 Å². The van der Waals surface area contributed by atoms with Crippen molar-refractivity contribution >= 4 is 29.9 Å². The molecule has 7 nitrogen and oxygen atoms in total. The normalized spacial score (nSPS) is 11.3. The molecule has 0 saturated heterocycles. The third-order valence-corrected chi connectivity index (χ3v) is 5.08. The number of guanidine groups is 1. The Bertz CT molecular complexity index is 959. The Morgan fingerprint density at radius 3 is 2.60 bits per heavy atom. The molecule has 2 heterocycles. The van der Waals surface area contributed by atoms with Crippen LogP contribution in [0.3, 0.4) is 0 Å². The van der Waals surface area contributed by atoms with Gasteiger partial charge in [-0.1, -0.05) is 30.3 Å². The second-order valence-corrected chi connectivity index (χ2v) is 7.22. The van der Waals surface area contributed by atoms with Crippen molar-refractivity contribution in [3.05, 3.63) is 59.3 Å². The van der Waals surface area contributed by atoms with Crippen LogP contribution in [0.1, 0.15) is 29.7 Å². The first-order chi connectivity index (χ1) is 14.0. The second-order valence-electron chi connectivity index (χ2n) is 7.22. The van der Waals surface area contributed by atoms with E-state index >= 15 is 0 Å². The molecule has 0 amide bonds. The Balaban J connectivity index is 0.00000320. The van der Waals surface area contributed by atoms with Gasteiger partial charge in [0, 0.05) is 32.9 Å². The van der Waals surface area contributed by atoms with Gasteiger partial charge in [-0.2, -0.15) is 5.10 Å². The number of benzene rings is 1. The van der Waals surface area contributed by atoms with Gasteiger partial charge in [0.15, 0.2) is 5.96 Å². The van der Waals surface area contributed by atoms with E-state index in [-0.39, 0.29) is 24.0 Å². The van der Waals surface area contributed by atoms with Gasteiger partial charge in [-0.3, -0.25) is 9.67 Å². The first-order valence-corrected chi connectivity index (χ1v) is 10.1. The first kappa shape index (κ1) is 23.9. The zero-order valence-corrected chi connectivity index (χ0v) is 20.8. The van der Waals surface area contributed by atoms with Crippen molar-refractivity contribution in [3.8, 4) is 11.3 Å². The summed E-state index contributed by atoms with van der Waals surface area (Å²) in [6.45, 7) is 8.44. The molecule has 0 radical (unpaired) electrons. The van der Waals surface area contributed by atoms with Crippen LogP contribution in [0.2, 0.25) is 0 Å². The minimum Gasteiger partial charge on any atom is -0.357 e. The van der Waals surface area contributed by atoms with Gasteiger partial charge in [0.05, 0.1) is 24.1 Å². The van der Waals surface area contributed by atoms with Gasteiger partial charge in [0.1, 0.15) is 5.82 Å². The Morgan fingerprint density at radius 1 is 1.23 bits per heavy atom. The summed E-state index contributed by atoms with van der Waals surface area (Å²) in [5, 5.41) is 7.87. The molecule has 0 bridgehead atoms. The molecule has 1 aromatic carbocycles. The van der Waals surface area contributed by atoms with Crippen LogP contribution in [-0.2, 0) is 20.0 Å². The van der Waals surface area contributed by atoms with Crippen molar-refractivity contribution in [1.29, 1.82) is 0 Å². The molecule has 3 aromatic rings. The number of rotatable bonds is 7. The molecule has 0 aliphatic heterocycles. The largest absolute Gasteiger partial charge is 0.357 e. The van der Waals surface area contributed by atoms with Gasteiger partial charge in [-0.25, -0.2) is 4.98 Å². The number of nitrogens with zero attached hydrogens (tertiary/aromatic N) is 5. The number of aromatic amines is 1. The fourth-order valence-corrected chi connectivity index (χ4v) is 3.43. The Hall–Kier alpha value is -2.36.